The van der Waals surface area contributed by atoms with Gasteiger partial charge in [0, 0.05) is 31.1 Å². The fourth-order valence-electron chi connectivity index (χ4n) is 1.24. The molecule has 0 saturated carbocycles. The van der Waals surface area contributed by atoms with Crippen LogP contribution in [0, 0.1) is 0 Å². The van der Waals surface area contributed by atoms with E-state index in [-0.39, 0.29) is 5.91 Å². The van der Waals surface area contributed by atoms with Crippen LogP contribution in [0.5, 0.6) is 5.75 Å². The highest BCUT2D eigenvalue weighted by atomic mass is 35.5. The number of nitrogens with zero attached hydrogens (tertiary/aromatic N) is 1. The molecule has 0 fully saturated rings. The van der Waals surface area contributed by atoms with Gasteiger partial charge in [0.15, 0.2) is 0 Å². The Bertz CT molecular complexity index is 366. The van der Waals surface area contributed by atoms with Gasteiger partial charge in [-0.3, -0.25) is 4.79 Å². The first-order chi connectivity index (χ1) is 7.04. The Hall–Kier alpha value is -1.22. The van der Waals surface area contributed by atoms with E-state index in [0.717, 1.165) is 11.3 Å². The summed E-state index contributed by atoms with van der Waals surface area (Å²) >= 11 is 5.88. The molecule has 0 aliphatic heterocycles. The Morgan fingerprint density at radius 2 is 2.20 bits per heavy atom. The lowest BCUT2D eigenvalue weighted by molar-refractivity contribution is -0.128. The molecule has 0 bridgehead atoms. The lowest BCUT2D eigenvalue weighted by atomic mass is 10.2. The Morgan fingerprint density at radius 1 is 1.53 bits per heavy atom. The molecule has 3 nitrogen and oxygen atoms in total. The molecule has 1 aromatic carbocycles. The molecule has 0 unspecified atom stereocenters. The van der Waals surface area contributed by atoms with Crippen LogP contribution in [0.3, 0.4) is 0 Å². The third-order valence-corrected chi connectivity index (χ3v) is 2.42. The van der Waals surface area contributed by atoms with Crippen molar-refractivity contribution in [2.75, 3.05) is 14.2 Å². The van der Waals surface area contributed by atoms with Crippen LogP contribution in [0.2, 0.25) is 5.02 Å². The van der Waals surface area contributed by atoms with Crippen LogP contribution in [-0.2, 0) is 11.3 Å². The molecule has 0 saturated heterocycles. The molecule has 0 atom stereocenters. The van der Waals surface area contributed by atoms with Crippen molar-refractivity contribution in [1.29, 1.82) is 0 Å². The van der Waals surface area contributed by atoms with E-state index in [2.05, 4.69) is 0 Å². The molecule has 1 aromatic rings. The minimum atomic E-state index is 0.0111. The largest absolute Gasteiger partial charge is 0.496 e. The smallest absolute Gasteiger partial charge is 0.219 e. The first-order valence-electron chi connectivity index (χ1n) is 4.58. The number of carbonyl (C=O) groups excluding carboxylic acids is 1. The zero-order valence-corrected chi connectivity index (χ0v) is 9.84. The number of hydrogen-bond donors (Lipinski definition) is 0. The third-order valence-electron chi connectivity index (χ3n) is 2.19. The molecular weight excluding hydrogens is 214 g/mol. The molecule has 82 valence electrons. The Labute approximate surface area is 94.6 Å². The van der Waals surface area contributed by atoms with E-state index in [9.17, 15) is 4.79 Å². The fraction of sp³-hybridized carbons (Fsp3) is 0.364. The molecule has 1 rings (SSSR count). The predicted molar refractivity (Wildman–Crippen MR) is 60.2 cm³/mol. The van der Waals surface area contributed by atoms with Crippen molar-refractivity contribution in [3.05, 3.63) is 28.8 Å². The van der Waals surface area contributed by atoms with Crippen LogP contribution in [-0.4, -0.2) is 25.0 Å². The normalized spacial score (nSPS) is 9.87. The van der Waals surface area contributed by atoms with E-state index in [4.69, 9.17) is 16.3 Å². The number of carbonyl (C=O) groups is 1. The topological polar surface area (TPSA) is 29.5 Å². The van der Waals surface area contributed by atoms with Gasteiger partial charge in [0.05, 0.1) is 7.11 Å². The maximum atomic E-state index is 11.1. The molecule has 0 N–H and O–H groups in total. The number of rotatable bonds is 3. The molecule has 0 heterocycles. The van der Waals surface area contributed by atoms with Crippen molar-refractivity contribution >= 4 is 17.5 Å². The van der Waals surface area contributed by atoms with Crippen molar-refractivity contribution in [2.24, 2.45) is 0 Å². The van der Waals surface area contributed by atoms with Gasteiger partial charge in [-0.2, -0.15) is 0 Å². The minimum Gasteiger partial charge on any atom is -0.496 e. The van der Waals surface area contributed by atoms with E-state index in [0.29, 0.717) is 11.6 Å². The summed E-state index contributed by atoms with van der Waals surface area (Å²) in [4.78, 5) is 12.7. The number of methoxy groups -OCH3 is 1. The van der Waals surface area contributed by atoms with Gasteiger partial charge < -0.3 is 9.64 Å². The SMILES string of the molecule is COc1ccc(Cl)cc1CN(C)C(C)=O. The molecule has 0 radical (unpaired) electrons. The van der Waals surface area contributed by atoms with Crippen molar-refractivity contribution in [3.63, 3.8) is 0 Å². The molecule has 1 amide bonds. The van der Waals surface area contributed by atoms with Gasteiger partial charge in [0.2, 0.25) is 5.91 Å². The Kier molecular flexibility index (Phi) is 3.97. The van der Waals surface area contributed by atoms with E-state index >= 15 is 0 Å². The third kappa shape index (κ3) is 3.13. The Morgan fingerprint density at radius 3 is 2.73 bits per heavy atom. The van der Waals surface area contributed by atoms with Gasteiger partial charge in [-0.1, -0.05) is 11.6 Å². The fourth-order valence-corrected chi connectivity index (χ4v) is 1.43. The number of halogens is 1. The van der Waals surface area contributed by atoms with Crippen LogP contribution in [0.25, 0.3) is 0 Å². The quantitative estimate of drug-likeness (QED) is 0.793. The second-order valence-electron chi connectivity index (χ2n) is 3.33. The lowest BCUT2D eigenvalue weighted by Gasteiger charge is -2.17. The van der Waals surface area contributed by atoms with Crippen molar-refractivity contribution in [1.82, 2.24) is 4.90 Å². The first kappa shape index (κ1) is 11.9. The van der Waals surface area contributed by atoms with Crippen LogP contribution in [0.1, 0.15) is 12.5 Å². The highest BCUT2D eigenvalue weighted by Gasteiger charge is 2.08. The molecular formula is C11H14ClNO2. The maximum absolute atomic E-state index is 11.1. The van der Waals surface area contributed by atoms with Gasteiger partial charge in [-0.15, -0.1) is 0 Å². The molecule has 0 aliphatic carbocycles. The summed E-state index contributed by atoms with van der Waals surface area (Å²) in [6.07, 6.45) is 0. The molecule has 15 heavy (non-hydrogen) atoms. The number of hydrogen-bond acceptors (Lipinski definition) is 2. The van der Waals surface area contributed by atoms with Crippen molar-refractivity contribution in [3.8, 4) is 5.75 Å². The zero-order chi connectivity index (χ0) is 11.4. The average Bonchev–Trinajstić information content (AvgIpc) is 2.18. The standard InChI is InChI=1S/C11H14ClNO2/c1-8(14)13(2)7-9-6-10(12)4-5-11(9)15-3/h4-6H,7H2,1-3H3. The summed E-state index contributed by atoms with van der Waals surface area (Å²) in [7, 11) is 3.34. The van der Waals surface area contributed by atoms with E-state index in [1.54, 1.807) is 37.3 Å². The second-order valence-corrected chi connectivity index (χ2v) is 3.77. The molecule has 0 spiro atoms. The lowest BCUT2D eigenvalue weighted by Crippen LogP contribution is -2.23. The molecule has 4 heteroatoms. The highest BCUT2D eigenvalue weighted by molar-refractivity contribution is 6.30. The molecule has 0 aromatic heterocycles. The van der Waals surface area contributed by atoms with E-state index in [1.807, 2.05) is 0 Å². The number of benzene rings is 1. The summed E-state index contributed by atoms with van der Waals surface area (Å²) in [6, 6.07) is 5.36. The molecule has 0 aliphatic rings. The van der Waals surface area contributed by atoms with Gasteiger partial charge >= 0.3 is 0 Å². The van der Waals surface area contributed by atoms with Gasteiger partial charge in [0.1, 0.15) is 5.75 Å². The predicted octanol–water partition coefficient (Wildman–Crippen LogP) is 2.33. The average molecular weight is 228 g/mol. The first-order valence-corrected chi connectivity index (χ1v) is 4.96. The van der Waals surface area contributed by atoms with Gasteiger partial charge in [0.25, 0.3) is 0 Å². The zero-order valence-electron chi connectivity index (χ0n) is 9.08. The van der Waals surface area contributed by atoms with Crippen molar-refractivity contribution < 1.29 is 9.53 Å². The second kappa shape index (κ2) is 5.03. The maximum Gasteiger partial charge on any atom is 0.219 e. The number of ether oxygens (including phenoxy) is 1. The summed E-state index contributed by atoms with van der Waals surface area (Å²) < 4.78 is 5.18. The Balaban J connectivity index is 2.91. The van der Waals surface area contributed by atoms with Crippen LogP contribution < -0.4 is 4.74 Å². The van der Waals surface area contributed by atoms with E-state index in [1.165, 1.54) is 6.92 Å². The van der Waals surface area contributed by atoms with Crippen LogP contribution in [0.4, 0.5) is 0 Å². The summed E-state index contributed by atoms with van der Waals surface area (Å²) in [5.74, 6) is 0.754. The van der Waals surface area contributed by atoms with Crippen LogP contribution >= 0.6 is 11.6 Å². The van der Waals surface area contributed by atoms with E-state index < -0.39 is 0 Å². The van der Waals surface area contributed by atoms with Crippen molar-refractivity contribution in [2.45, 2.75) is 13.5 Å². The van der Waals surface area contributed by atoms with Gasteiger partial charge in [-0.05, 0) is 18.2 Å². The van der Waals surface area contributed by atoms with Crippen LogP contribution in [0.15, 0.2) is 18.2 Å². The summed E-state index contributed by atoms with van der Waals surface area (Å²) in [5, 5.41) is 0.641. The monoisotopic (exact) mass is 227 g/mol. The van der Waals surface area contributed by atoms with Gasteiger partial charge in [-0.25, -0.2) is 0 Å². The number of amides is 1. The highest BCUT2D eigenvalue weighted by Crippen LogP contribution is 2.23. The summed E-state index contributed by atoms with van der Waals surface area (Å²) in [5.41, 5.74) is 0.905. The summed E-state index contributed by atoms with van der Waals surface area (Å²) in [6.45, 7) is 2.02. The minimum absolute atomic E-state index is 0.0111.